The van der Waals surface area contributed by atoms with E-state index in [2.05, 4.69) is 0 Å². The van der Waals surface area contributed by atoms with E-state index < -0.39 is 15.8 Å². The van der Waals surface area contributed by atoms with Crippen LogP contribution in [0.3, 0.4) is 0 Å². The Hall–Kier alpha value is -2.17. The Morgan fingerprint density at radius 1 is 1.07 bits per heavy atom. The van der Waals surface area contributed by atoms with Crippen molar-refractivity contribution in [3.63, 3.8) is 0 Å². The molecule has 0 saturated carbocycles. The Labute approximate surface area is 162 Å². The van der Waals surface area contributed by atoms with Crippen LogP contribution in [0.2, 0.25) is 0 Å². The fourth-order valence-corrected chi connectivity index (χ4v) is 5.21. The van der Waals surface area contributed by atoms with Crippen molar-refractivity contribution in [2.45, 2.75) is 30.7 Å². The Morgan fingerprint density at radius 2 is 1.79 bits per heavy atom. The molecule has 0 aliphatic carbocycles. The highest BCUT2D eigenvalue weighted by molar-refractivity contribution is 7.89. The lowest BCUT2D eigenvalue weighted by molar-refractivity contribution is -0.135. The molecule has 0 unspecified atom stereocenters. The van der Waals surface area contributed by atoms with Crippen LogP contribution in [0.1, 0.15) is 19.3 Å². The molecule has 152 valence electrons. The number of morpholine rings is 1. The molecule has 2 aliphatic rings. The van der Waals surface area contributed by atoms with Gasteiger partial charge in [-0.05, 0) is 25.0 Å². The predicted octanol–water partition coefficient (Wildman–Crippen LogP) is 0.628. The minimum Gasteiger partial charge on any atom is -0.408 e. The number of carbonyl (C=O) groups excluding carboxylic acids is 1. The van der Waals surface area contributed by atoms with Gasteiger partial charge in [0.2, 0.25) is 15.9 Å². The molecule has 0 atom stereocenters. The molecule has 1 aromatic carbocycles. The third kappa shape index (κ3) is 3.59. The molecule has 2 aromatic rings. The lowest BCUT2D eigenvalue weighted by Crippen LogP contribution is -2.41. The fraction of sp³-hybridized carbons (Fsp3) is 0.556. The van der Waals surface area contributed by atoms with E-state index in [0.29, 0.717) is 44.9 Å². The Balaban J connectivity index is 1.54. The van der Waals surface area contributed by atoms with Crippen LogP contribution in [-0.2, 0) is 26.1 Å². The van der Waals surface area contributed by atoms with E-state index in [1.807, 2.05) is 0 Å². The number of fused-ring (bicyclic) bond motifs is 1. The number of aryl methyl sites for hydroxylation is 1. The summed E-state index contributed by atoms with van der Waals surface area (Å²) in [7, 11) is -3.58. The summed E-state index contributed by atoms with van der Waals surface area (Å²) in [5.41, 5.74) is 0.698. The zero-order valence-electron chi connectivity index (χ0n) is 15.5. The minimum absolute atomic E-state index is 0.0437. The number of rotatable bonds is 5. The van der Waals surface area contributed by atoms with Gasteiger partial charge in [-0.2, -0.15) is 4.31 Å². The first-order chi connectivity index (χ1) is 13.5. The van der Waals surface area contributed by atoms with Crippen LogP contribution in [0.25, 0.3) is 11.1 Å². The highest BCUT2D eigenvalue weighted by atomic mass is 32.2. The smallest absolute Gasteiger partial charge is 0.408 e. The summed E-state index contributed by atoms with van der Waals surface area (Å²) in [6.07, 6.45) is 1.87. The summed E-state index contributed by atoms with van der Waals surface area (Å²) in [5.74, 6) is -0.640. The number of amides is 1. The van der Waals surface area contributed by atoms with Gasteiger partial charge in [0.15, 0.2) is 5.58 Å². The van der Waals surface area contributed by atoms with Crippen LogP contribution in [0.4, 0.5) is 0 Å². The first-order valence-corrected chi connectivity index (χ1v) is 10.9. The van der Waals surface area contributed by atoms with E-state index in [1.54, 1.807) is 11.0 Å². The number of benzene rings is 1. The van der Waals surface area contributed by atoms with Gasteiger partial charge in [0.1, 0.15) is 0 Å². The molecule has 2 saturated heterocycles. The topological polar surface area (TPSA) is 102 Å². The second-order valence-electron chi connectivity index (χ2n) is 7.00. The van der Waals surface area contributed by atoms with Gasteiger partial charge in [-0.1, -0.05) is 0 Å². The number of oxazole rings is 1. The fourth-order valence-electron chi connectivity index (χ4n) is 3.67. The van der Waals surface area contributed by atoms with Gasteiger partial charge in [0.05, 0.1) is 23.6 Å². The zero-order chi connectivity index (χ0) is 19.7. The van der Waals surface area contributed by atoms with Crippen LogP contribution in [0.5, 0.6) is 0 Å². The van der Waals surface area contributed by atoms with E-state index >= 15 is 0 Å². The van der Waals surface area contributed by atoms with E-state index in [9.17, 15) is 18.0 Å². The van der Waals surface area contributed by atoms with Crippen LogP contribution in [0.15, 0.2) is 32.3 Å². The van der Waals surface area contributed by atoms with E-state index in [1.165, 1.54) is 21.0 Å². The summed E-state index contributed by atoms with van der Waals surface area (Å²) >= 11 is 0. The van der Waals surface area contributed by atoms with Gasteiger partial charge >= 0.3 is 5.76 Å². The Bertz CT molecular complexity index is 1030. The average molecular weight is 409 g/mol. The molecule has 0 N–H and O–H groups in total. The van der Waals surface area contributed by atoms with E-state index in [4.69, 9.17) is 9.15 Å². The number of hydrogen-bond donors (Lipinski definition) is 0. The van der Waals surface area contributed by atoms with Crippen molar-refractivity contribution in [2.75, 3.05) is 39.4 Å². The van der Waals surface area contributed by atoms with Crippen LogP contribution < -0.4 is 5.76 Å². The molecule has 0 bridgehead atoms. The van der Waals surface area contributed by atoms with Crippen LogP contribution in [0, 0.1) is 0 Å². The third-order valence-corrected chi connectivity index (χ3v) is 7.15. The van der Waals surface area contributed by atoms with Crippen LogP contribution >= 0.6 is 0 Å². The maximum atomic E-state index is 12.7. The number of carbonyl (C=O) groups is 1. The lowest BCUT2D eigenvalue weighted by Gasteiger charge is -2.26. The van der Waals surface area contributed by atoms with Crippen molar-refractivity contribution in [3.8, 4) is 0 Å². The number of hydrogen-bond acceptors (Lipinski definition) is 6. The minimum atomic E-state index is -3.58. The molecule has 0 radical (unpaired) electrons. The van der Waals surface area contributed by atoms with Crippen molar-refractivity contribution in [3.05, 3.63) is 28.7 Å². The van der Waals surface area contributed by atoms with Gasteiger partial charge in [0.25, 0.3) is 0 Å². The quantitative estimate of drug-likeness (QED) is 0.718. The van der Waals surface area contributed by atoms with Crippen molar-refractivity contribution in [1.82, 2.24) is 13.8 Å². The monoisotopic (exact) mass is 409 g/mol. The van der Waals surface area contributed by atoms with Crippen molar-refractivity contribution in [2.24, 2.45) is 0 Å². The summed E-state index contributed by atoms with van der Waals surface area (Å²) in [4.78, 5) is 26.4. The molecule has 28 heavy (non-hydrogen) atoms. The van der Waals surface area contributed by atoms with Crippen LogP contribution in [-0.4, -0.2) is 67.5 Å². The Morgan fingerprint density at radius 3 is 2.50 bits per heavy atom. The summed E-state index contributed by atoms with van der Waals surface area (Å²) in [6, 6.07) is 4.46. The number of aromatic nitrogens is 1. The second-order valence-corrected chi connectivity index (χ2v) is 8.94. The predicted molar refractivity (Wildman–Crippen MR) is 100 cm³/mol. The van der Waals surface area contributed by atoms with Gasteiger partial charge in [-0.15, -0.1) is 0 Å². The molecule has 10 heteroatoms. The highest BCUT2D eigenvalue weighted by Crippen LogP contribution is 2.24. The standard InChI is InChI=1S/C18H23N3O6S/c22-17(19-9-11-26-12-10-19)5-8-21-15-4-3-14(13-16(15)27-18(21)23)28(24,25)20-6-1-2-7-20/h3-4,13H,1-2,5-12H2. The summed E-state index contributed by atoms with van der Waals surface area (Å²) in [6.45, 7) is 3.35. The normalized spacial score (nSPS) is 18.8. The molecule has 9 nitrogen and oxygen atoms in total. The van der Waals surface area contributed by atoms with Crippen molar-refractivity contribution in [1.29, 1.82) is 0 Å². The molecule has 4 rings (SSSR count). The molecular formula is C18H23N3O6S. The SMILES string of the molecule is O=C(CCn1c(=O)oc2cc(S(=O)(=O)N3CCCC3)ccc21)N1CCOCC1. The number of sulfonamides is 1. The summed E-state index contributed by atoms with van der Waals surface area (Å²) < 4.78 is 38.7. The number of ether oxygens (including phenoxy) is 1. The molecular weight excluding hydrogens is 386 g/mol. The highest BCUT2D eigenvalue weighted by Gasteiger charge is 2.28. The molecule has 2 aliphatic heterocycles. The first-order valence-electron chi connectivity index (χ1n) is 9.46. The van der Waals surface area contributed by atoms with Crippen molar-refractivity contribution < 1.29 is 22.4 Å². The van der Waals surface area contributed by atoms with Crippen molar-refractivity contribution >= 4 is 27.0 Å². The summed E-state index contributed by atoms with van der Waals surface area (Å²) in [5, 5.41) is 0. The van der Waals surface area contributed by atoms with Gasteiger partial charge < -0.3 is 14.1 Å². The Kier molecular flexibility index (Phi) is 5.26. The van der Waals surface area contributed by atoms with Gasteiger partial charge in [-0.3, -0.25) is 9.36 Å². The lowest BCUT2D eigenvalue weighted by atomic mass is 10.3. The molecule has 1 aromatic heterocycles. The second kappa shape index (κ2) is 7.69. The molecule has 3 heterocycles. The molecule has 0 spiro atoms. The molecule has 2 fully saturated rings. The molecule has 1 amide bonds. The zero-order valence-corrected chi connectivity index (χ0v) is 16.3. The maximum Gasteiger partial charge on any atom is 0.419 e. The average Bonchev–Trinajstić information content (AvgIpc) is 3.34. The third-order valence-electron chi connectivity index (χ3n) is 5.26. The van der Waals surface area contributed by atoms with Gasteiger partial charge in [0, 0.05) is 45.2 Å². The van der Waals surface area contributed by atoms with Gasteiger partial charge in [-0.25, -0.2) is 13.2 Å². The van der Waals surface area contributed by atoms with E-state index in [-0.39, 0.29) is 29.4 Å². The first kappa shape index (κ1) is 19.2. The maximum absolute atomic E-state index is 12.7. The number of nitrogens with zero attached hydrogens (tertiary/aromatic N) is 3. The largest absolute Gasteiger partial charge is 0.419 e. The van der Waals surface area contributed by atoms with E-state index in [0.717, 1.165) is 12.8 Å².